The van der Waals surface area contributed by atoms with E-state index in [1.165, 1.54) is 0 Å². The first-order valence-electron chi connectivity index (χ1n) is 9.45. The number of primary amides is 1. The predicted octanol–water partition coefficient (Wildman–Crippen LogP) is 2.28. The molecular weight excluding hydrogens is 401 g/mol. The van der Waals surface area contributed by atoms with Gasteiger partial charge >= 0.3 is 0 Å². The minimum absolute atomic E-state index is 0.224. The molecule has 1 saturated heterocycles. The molecule has 0 aromatic heterocycles. The van der Waals surface area contributed by atoms with Crippen LogP contribution in [0.15, 0.2) is 23.2 Å². The molecule has 2 amide bonds. The number of hydrogen-bond acceptors (Lipinski definition) is 3. The highest BCUT2D eigenvalue weighted by atomic mass is 35.5. The summed E-state index contributed by atoms with van der Waals surface area (Å²) in [4.78, 5) is 30.2. The van der Waals surface area contributed by atoms with Gasteiger partial charge in [0, 0.05) is 38.2 Å². The van der Waals surface area contributed by atoms with E-state index in [9.17, 15) is 9.59 Å². The highest BCUT2D eigenvalue weighted by molar-refractivity contribution is 6.42. The van der Waals surface area contributed by atoms with Crippen LogP contribution in [0.1, 0.15) is 36.5 Å². The molecule has 0 radical (unpaired) electrons. The van der Waals surface area contributed by atoms with Crippen LogP contribution in [0.5, 0.6) is 0 Å². The highest BCUT2D eigenvalue weighted by Gasteiger charge is 2.23. The van der Waals surface area contributed by atoms with Crippen molar-refractivity contribution in [2.45, 2.75) is 26.2 Å². The zero-order chi connectivity index (χ0) is 20.5. The number of hydrogen-bond donors (Lipinski definition) is 3. The Balaban J connectivity index is 1.88. The fraction of sp³-hybridized carbons (Fsp3) is 0.526. The maximum atomic E-state index is 12.2. The minimum atomic E-state index is -0.265. The standard InChI is InChI=1S/C19H27Cl2N5O2/c1-2-23-19(26-9-3-4-13(12-26)10-17(22)27)25-8-7-24-18(28)14-5-6-15(20)16(21)11-14/h5-6,11,13H,2-4,7-10,12H2,1H3,(H2,22,27)(H,23,25)(H,24,28). The first-order chi connectivity index (χ1) is 13.4. The number of rotatable bonds is 7. The quantitative estimate of drug-likeness (QED) is 0.353. The Morgan fingerprint density at radius 1 is 1.29 bits per heavy atom. The van der Waals surface area contributed by atoms with E-state index in [0.29, 0.717) is 35.1 Å². The summed E-state index contributed by atoms with van der Waals surface area (Å²) in [5.41, 5.74) is 5.79. The SMILES string of the molecule is CCNC(=NCCNC(=O)c1ccc(Cl)c(Cl)c1)N1CCCC(CC(N)=O)C1. The fourth-order valence-corrected chi connectivity index (χ4v) is 3.50. The number of amides is 2. The Labute approximate surface area is 175 Å². The summed E-state index contributed by atoms with van der Waals surface area (Å²) in [6.07, 6.45) is 2.39. The Hall–Kier alpha value is -1.99. The van der Waals surface area contributed by atoms with Crippen molar-refractivity contribution in [3.8, 4) is 0 Å². The molecule has 1 unspecified atom stereocenters. The van der Waals surface area contributed by atoms with Gasteiger partial charge in [0.25, 0.3) is 5.91 Å². The van der Waals surface area contributed by atoms with Crippen molar-refractivity contribution in [1.82, 2.24) is 15.5 Å². The van der Waals surface area contributed by atoms with Crippen LogP contribution >= 0.6 is 23.2 Å². The molecule has 1 aromatic rings. The van der Waals surface area contributed by atoms with Crippen LogP contribution in [-0.4, -0.2) is 55.4 Å². The predicted molar refractivity (Wildman–Crippen MR) is 113 cm³/mol. The third kappa shape index (κ3) is 6.87. The summed E-state index contributed by atoms with van der Waals surface area (Å²) < 4.78 is 0. The van der Waals surface area contributed by atoms with Gasteiger partial charge in [-0.3, -0.25) is 14.6 Å². The van der Waals surface area contributed by atoms with Crippen LogP contribution in [-0.2, 0) is 4.79 Å². The Kier molecular flexibility index (Phi) is 8.86. The normalized spacial score (nSPS) is 17.3. The van der Waals surface area contributed by atoms with E-state index in [1.54, 1.807) is 18.2 Å². The summed E-state index contributed by atoms with van der Waals surface area (Å²) in [6, 6.07) is 4.77. The van der Waals surface area contributed by atoms with E-state index < -0.39 is 0 Å². The summed E-state index contributed by atoms with van der Waals surface area (Å²) in [5, 5.41) is 6.86. The molecular formula is C19H27Cl2N5O2. The average molecular weight is 428 g/mol. The largest absolute Gasteiger partial charge is 0.370 e. The fourth-order valence-electron chi connectivity index (χ4n) is 3.21. The number of nitrogens with zero attached hydrogens (tertiary/aromatic N) is 2. The van der Waals surface area contributed by atoms with E-state index in [-0.39, 0.29) is 17.7 Å². The number of carbonyl (C=O) groups excluding carboxylic acids is 2. The van der Waals surface area contributed by atoms with Crippen LogP contribution in [0, 0.1) is 5.92 Å². The maximum absolute atomic E-state index is 12.2. The Bertz CT molecular complexity index is 726. The van der Waals surface area contributed by atoms with Gasteiger partial charge in [-0.25, -0.2) is 0 Å². The van der Waals surface area contributed by atoms with Crippen LogP contribution in [0.25, 0.3) is 0 Å². The number of nitrogens with two attached hydrogens (primary N) is 1. The molecule has 154 valence electrons. The lowest BCUT2D eigenvalue weighted by molar-refractivity contribution is -0.119. The number of nitrogens with one attached hydrogen (secondary N) is 2. The first-order valence-corrected chi connectivity index (χ1v) is 10.2. The van der Waals surface area contributed by atoms with Gasteiger partial charge in [-0.05, 0) is 43.9 Å². The number of aliphatic imine (C=N–C) groups is 1. The molecule has 9 heteroatoms. The molecule has 1 atom stereocenters. The second-order valence-electron chi connectivity index (χ2n) is 6.75. The summed E-state index contributed by atoms with van der Waals surface area (Å²) in [7, 11) is 0. The van der Waals surface area contributed by atoms with Gasteiger partial charge < -0.3 is 21.3 Å². The van der Waals surface area contributed by atoms with Gasteiger partial charge in [0.15, 0.2) is 5.96 Å². The number of benzene rings is 1. The molecule has 1 fully saturated rings. The average Bonchev–Trinajstić information content (AvgIpc) is 2.66. The van der Waals surface area contributed by atoms with Gasteiger partial charge in [-0.2, -0.15) is 0 Å². The van der Waals surface area contributed by atoms with Gasteiger partial charge in [0.05, 0.1) is 16.6 Å². The molecule has 1 heterocycles. The smallest absolute Gasteiger partial charge is 0.251 e. The van der Waals surface area contributed by atoms with Crippen molar-refractivity contribution in [2.75, 3.05) is 32.7 Å². The molecule has 0 bridgehead atoms. The number of carbonyl (C=O) groups is 2. The molecule has 2 rings (SSSR count). The number of guanidine groups is 1. The van der Waals surface area contributed by atoms with Gasteiger partial charge in [0.1, 0.15) is 0 Å². The van der Waals surface area contributed by atoms with Crippen molar-refractivity contribution < 1.29 is 9.59 Å². The molecule has 1 aromatic carbocycles. The van der Waals surface area contributed by atoms with Crippen LogP contribution in [0.2, 0.25) is 10.0 Å². The van der Waals surface area contributed by atoms with Crippen LogP contribution in [0.3, 0.4) is 0 Å². The molecule has 1 aliphatic rings. The Morgan fingerprint density at radius 3 is 2.75 bits per heavy atom. The van der Waals surface area contributed by atoms with Gasteiger partial charge in [-0.1, -0.05) is 23.2 Å². The van der Waals surface area contributed by atoms with Crippen molar-refractivity contribution in [3.63, 3.8) is 0 Å². The topological polar surface area (TPSA) is 99.8 Å². The first kappa shape index (κ1) is 22.3. The van der Waals surface area contributed by atoms with E-state index in [1.807, 2.05) is 6.92 Å². The molecule has 0 saturated carbocycles. The van der Waals surface area contributed by atoms with Crippen LogP contribution in [0.4, 0.5) is 0 Å². The van der Waals surface area contributed by atoms with E-state index >= 15 is 0 Å². The Morgan fingerprint density at radius 2 is 2.07 bits per heavy atom. The highest BCUT2D eigenvalue weighted by Crippen LogP contribution is 2.22. The molecule has 1 aliphatic heterocycles. The lowest BCUT2D eigenvalue weighted by Crippen LogP contribution is -2.47. The third-order valence-corrected chi connectivity index (χ3v) is 5.22. The van der Waals surface area contributed by atoms with E-state index in [2.05, 4.69) is 20.5 Å². The second-order valence-corrected chi connectivity index (χ2v) is 7.56. The maximum Gasteiger partial charge on any atom is 0.251 e. The van der Waals surface area contributed by atoms with Crippen molar-refractivity contribution in [2.24, 2.45) is 16.6 Å². The number of halogens is 2. The third-order valence-electron chi connectivity index (χ3n) is 4.48. The number of likely N-dealkylation sites (tertiary alicyclic amines) is 1. The molecule has 0 spiro atoms. The van der Waals surface area contributed by atoms with Crippen molar-refractivity contribution >= 4 is 41.0 Å². The summed E-state index contributed by atoms with van der Waals surface area (Å²) in [6.45, 7) is 5.22. The van der Waals surface area contributed by atoms with Gasteiger partial charge in [-0.15, -0.1) is 0 Å². The van der Waals surface area contributed by atoms with E-state index in [4.69, 9.17) is 28.9 Å². The minimum Gasteiger partial charge on any atom is -0.370 e. The lowest BCUT2D eigenvalue weighted by atomic mass is 9.95. The zero-order valence-corrected chi connectivity index (χ0v) is 17.5. The monoisotopic (exact) mass is 427 g/mol. The summed E-state index contributed by atoms with van der Waals surface area (Å²) in [5.74, 6) is 0.557. The molecule has 4 N–H and O–H groups in total. The van der Waals surface area contributed by atoms with Crippen LogP contribution < -0.4 is 16.4 Å². The lowest BCUT2D eigenvalue weighted by Gasteiger charge is -2.34. The van der Waals surface area contributed by atoms with Crippen molar-refractivity contribution in [3.05, 3.63) is 33.8 Å². The van der Waals surface area contributed by atoms with Gasteiger partial charge in [0.2, 0.25) is 5.91 Å². The molecule has 7 nitrogen and oxygen atoms in total. The summed E-state index contributed by atoms with van der Waals surface area (Å²) >= 11 is 11.8. The molecule has 28 heavy (non-hydrogen) atoms. The second kappa shape index (κ2) is 11.1. The van der Waals surface area contributed by atoms with E-state index in [0.717, 1.165) is 38.4 Å². The molecule has 0 aliphatic carbocycles. The number of piperidine rings is 1. The zero-order valence-electron chi connectivity index (χ0n) is 16.0. The van der Waals surface area contributed by atoms with Crippen molar-refractivity contribution in [1.29, 1.82) is 0 Å².